The minimum absolute atomic E-state index is 0.0741. The number of unbranched alkanes of at least 4 members (excludes halogenated alkanes) is 16. The first-order valence-corrected chi connectivity index (χ1v) is 15.6. The molecule has 36 heavy (non-hydrogen) atoms. The SMILES string of the molecule is C#CCCCCCCC[C@@H](OC1CCCCO1)[C@@H](CCCCCCCCCCCCCC)OCOC. The van der Waals surface area contributed by atoms with E-state index in [1.165, 1.54) is 109 Å². The highest BCUT2D eigenvalue weighted by Gasteiger charge is 2.27. The van der Waals surface area contributed by atoms with Crippen LogP contribution in [0.1, 0.15) is 155 Å². The van der Waals surface area contributed by atoms with Gasteiger partial charge in [0.15, 0.2) is 6.29 Å². The predicted octanol–water partition coefficient (Wildman–Crippen LogP) is 9.34. The first kappa shape index (κ1) is 33.4. The molecule has 1 fully saturated rings. The Morgan fingerprint density at radius 2 is 1.31 bits per heavy atom. The third kappa shape index (κ3) is 19.5. The van der Waals surface area contributed by atoms with Crippen molar-refractivity contribution in [1.29, 1.82) is 0 Å². The molecule has 1 heterocycles. The van der Waals surface area contributed by atoms with Gasteiger partial charge in [0.2, 0.25) is 0 Å². The van der Waals surface area contributed by atoms with Crippen LogP contribution >= 0.6 is 0 Å². The Balaban J connectivity index is 2.34. The van der Waals surface area contributed by atoms with Crippen molar-refractivity contribution in [3.63, 3.8) is 0 Å². The van der Waals surface area contributed by atoms with E-state index in [1.54, 1.807) is 7.11 Å². The molecule has 1 unspecified atom stereocenters. The van der Waals surface area contributed by atoms with Gasteiger partial charge in [-0.05, 0) is 38.5 Å². The molecule has 0 aromatic rings. The van der Waals surface area contributed by atoms with Gasteiger partial charge in [0.1, 0.15) is 6.79 Å². The van der Waals surface area contributed by atoms with Crippen molar-refractivity contribution in [2.45, 2.75) is 173 Å². The van der Waals surface area contributed by atoms with Crippen LogP contribution in [0.3, 0.4) is 0 Å². The van der Waals surface area contributed by atoms with Gasteiger partial charge in [-0.15, -0.1) is 12.3 Å². The van der Waals surface area contributed by atoms with Crippen LogP contribution in [-0.2, 0) is 18.9 Å². The van der Waals surface area contributed by atoms with Crippen molar-refractivity contribution in [3.05, 3.63) is 0 Å². The highest BCUT2D eigenvalue weighted by atomic mass is 16.7. The molecule has 0 amide bonds. The van der Waals surface area contributed by atoms with Crippen LogP contribution in [-0.4, -0.2) is 39.0 Å². The van der Waals surface area contributed by atoms with E-state index in [1.807, 2.05) is 0 Å². The van der Waals surface area contributed by atoms with Crippen LogP contribution < -0.4 is 0 Å². The van der Waals surface area contributed by atoms with Gasteiger partial charge < -0.3 is 18.9 Å². The van der Waals surface area contributed by atoms with E-state index in [9.17, 15) is 0 Å². The second-order valence-electron chi connectivity index (χ2n) is 10.8. The van der Waals surface area contributed by atoms with Gasteiger partial charge in [0.25, 0.3) is 0 Å². The van der Waals surface area contributed by atoms with Gasteiger partial charge >= 0.3 is 0 Å². The fraction of sp³-hybridized carbons (Fsp3) is 0.938. The highest BCUT2D eigenvalue weighted by molar-refractivity contribution is 4.82. The van der Waals surface area contributed by atoms with Crippen LogP contribution in [0.4, 0.5) is 0 Å². The van der Waals surface area contributed by atoms with Crippen LogP contribution in [0.25, 0.3) is 0 Å². The molecule has 0 aromatic heterocycles. The predicted molar refractivity (Wildman–Crippen MR) is 152 cm³/mol. The zero-order chi connectivity index (χ0) is 25.9. The number of rotatable bonds is 26. The van der Waals surface area contributed by atoms with E-state index in [0.717, 1.165) is 45.1 Å². The molecular weight excluding hydrogens is 448 g/mol. The molecule has 3 atom stereocenters. The maximum absolute atomic E-state index is 6.52. The monoisotopic (exact) mass is 508 g/mol. The second kappa shape index (κ2) is 26.0. The standard InChI is InChI=1S/C32H60O4/c1-4-6-8-10-12-13-14-15-16-18-19-21-25-30(35-29-33-3)31(36-32-27-23-24-28-34-32)26-22-20-17-11-9-7-5-2/h2,30-32H,4,6-29H2,1,3H3/t30-,31-,32?/m1/s1. The summed E-state index contributed by atoms with van der Waals surface area (Å²) in [7, 11) is 1.71. The highest BCUT2D eigenvalue weighted by Crippen LogP contribution is 2.24. The molecule has 0 N–H and O–H groups in total. The van der Waals surface area contributed by atoms with Crippen LogP contribution in [0.2, 0.25) is 0 Å². The van der Waals surface area contributed by atoms with E-state index in [0.29, 0.717) is 6.79 Å². The van der Waals surface area contributed by atoms with Crippen molar-refractivity contribution < 1.29 is 18.9 Å². The minimum atomic E-state index is -0.0741. The van der Waals surface area contributed by atoms with Crippen LogP contribution in [0.15, 0.2) is 0 Å². The molecule has 0 radical (unpaired) electrons. The molecule has 1 aliphatic heterocycles. The average molecular weight is 509 g/mol. The zero-order valence-electron chi connectivity index (χ0n) is 24.1. The van der Waals surface area contributed by atoms with E-state index in [2.05, 4.69) is 12.8 Å². The zero-order valence-corrected chi connectivity index (χ0v) is 24.1. The molecule has 0 saturated carbocycles. The molecule has 1 aliphatic rings. The molecule has 0 aliphatic carbocycles. The topological polar surface area (TPSA) is 36.9 Å². The van der Waals surface area contributed by atoms with Crippen LogP contribution in [0, 0.1) is 12.3 Å². The smallest absolute Gasteiger partial charge is 0.158 e. The summed E-state index contributed by atoms with van der Waals surface area (Å²) in [6.07, 6.45) is 34.2. The maximum Gasteiger partial charge on any atom is 0.158 e. The van der Waals surface area contributed by atoms with Crippen molar-refractivity contribution >= 4 is 0 Å². The number of methoxy groups -OCH3 is 1. The summed E-state index contributed by atoms with van der Waals surface area (Å²) in [5, 5.41) is 0. The minimum Gasteiger partial charge on any atom is -0.359 e. The fourth-order valence-corrected chi connectivity index (χ4v) is 5.18. The van der Waals surface area contributed by atoms with Crippen molar-refractivity contribution in [2.75, 3.05) is 20.5 Å². The lowest BCUT2D eigenvalue weighted by Gasteiger charge is -2.32. The molecular formula is C32H60O4. The van der Waals surface area contributed by atoms with Crippen molar-refractivity contribution in [3.8, 4) is 12.3 Å². The lowest BCUT2D eigenvalue weighted by atomic mass is 9.98. The summed E-state index contributed by atoms with van der Waals surface area (Å²) < 4.78 is 23.9. The summed E-state index contributed by atoms with van der Waals surface area (Å²) in [6, 6.07) is 0. The Kier molecular flexibility index (Phi) is 24.2. The molecule has 4 nitrogen and oxygen atoms in total. The van der Waals surface area contributed by atoms with Crippen LogP contribution in [0.5, 0.6) is 0 Å². The van der Waals surface area contributed by atoms with E-state index < -0.39 is 0 Å². The van der Waals surface area contributed by atoms with E-state index in [-0.39, 0.29) is 18.5 Å². The van der Waals surface area contributed by atoms with Gasteiger partial charge in [0.05, 0.1) is 12.2 Å². The van der Waals surface area contributed by atoms with Gasteiger partial charge in [-0.25, -0.2) is 0 Å². The van der Waals surface area contributed by atoms with E-state index >= 15 is 0 Å². The lowest BCUT2D eigenvalue weighted by molar-refractivity contribution is -0.223. The Labute approximate surface area is 225 Å². The Hall–Kier alpha value is -0.600. The number of terminal acetylenes is 1. The summed E-state index contributed by atoms with van der Waals surface area (Å²) in [5.41, 5.74) is 0. The summed E-state index contributed by atoms with van der Waals surface area (Å²) in [5.74, 6) is 2.74. The van der Waals surface area contributed by atoms with Gasteiger partial charge in [-0.3, -0.25) is 0 Å². The number of hydrogen-bond acceptors (Lipinski definition) is 4. The normalized spacial score (nSPS) is 17.6. The Morgan fingerprint density at radius 3 is 1.83 bits per heavy atom. The molecule has 0 aromatic carbocycles. The first-order chi connectivity index (χ1) is 17.8. The summed E-state index contributed by atoms with van der Waals surface area (Å²) in [4.78, 5) is 0. The largest absolute Gasteiger partial charge is 0.359 e. The molecule has 4 heteroatoms. The Morgan fingerprint density at radius 1 is 0.750 bits per heavy atom. The lowest BCUT2D eigenvalue weighted by Crippen LogP contribution is -2.37. The number of ether oxygens (including phenoxy) is 4. The quantitative estimate of drug-likeness (QED) is 0.0662. The fourth-order valence-electron chi connectivity index (χ4n) is 5.18. The summed E-state index contributed by atoms with van der Waals surface area (Å²) >= 11 is 0. The molecule has 1 saturated heterocycles. The molecule has 212 valence electrons. The average Bonchev–Trinajstić information content (AvgIpc) is 2.90. The van der Waals surface area contributed by atoms with E-state index in [4.69, 9.17) is 25.4 Å². The molecule has 1 rings (SSSR count). The molecule has 0 bridgehead atoms. The van der Waals surface area contributed by atoms with Gasteiger partial charge in [-0.2, -0.15) is 0 Å². The Bertz CT molecular complexity index is 483. The number of hydrogen-bond donors (Lipinski definition) is 0. The second-order valence-corrected chi connectivity index (χ2v) is 10.8. The maximum atomic E-state index is 6.52. The van der Waals surface area contributed by atoms with Crippen molar-refractivity contribution in [2.24, 2.45) is 0 Å². The van der Waals surface area contributed by atoms with Gasteiger partial charge in [0, 0.05) is 20.1 Å². The van der Waals surface area contributed by atoms with Gasteiger partial charge in [-0.1, -0.05) is 110 Å². The summed E-state index contributed by atoms with van der Waals surface area (Å²) in [6.45, 7) is 3.44. The van der Waals surface area contributed by atoms with Crippen molar-refractivity contribution in [1.82, 2.24) is 0 Å². The third-order valence-electron chi connectivity index (χ3n) is 7.43. The third-order valence-corrected chi connectivity index (χ3v) is 7.43. The molecule has 0 spiro atoms. The first-order valence-electron chi connectivity index (χ1n) is 15.6.